The van der Waals surface area contributed by atoms with Gasteiger partial charge in [-0.3, -0.25) is 0 Å². The first-order chi connectivity index (χ1) is 9.40. The molecule has 0 atom stereocenters. The molecule has 0 aliphatic rings. The minimum atomic E-state index is -0.732. The number of carbonyl (C=O) groups is 1. The van der Waals surface area contributed by atoms with E-state index in [1.165, 1.54) is 0 Å². The van der Waals surface area contributed by atoms with E-state index in [0.29, 0.717) is 5.75 Å². The maximum atomic E-state index is 12.0. The number of phenolic OH excluding ortho intramolecular Hbond substituents is 3. The van der Waals surface area contributed by atoms with Gasteiger partial charge < -0.3 is 20.1 Å². The van der Waals surface area contributed by atoms with E-state index in [1.807, 2.05) is 19.9 Å². The Morgan fingerprint density at radius 1 is 1.05 bits per heavy atom. The molecule has 0 spiro atoms. The van der Waals surface area contributed by atoms with Crippen LogP contribution in [0, 0.1) is 13.8 Å². The van der Waals surface area contributed by atoms with E-state index in [9.17, 15) is 20.1 Å². The van der Waals surface area contributed by atoms with Crippen LogP contribution >= 0.6 is 0 Å². The highest BCUT2D eigenvalue weighted by Gasteiger charge is 2.16. The van der Waals surface area contributed by atoms with E-state index in [1.54, 1.807) is 12.1 Å². The summed E-state index contributed by atoms with van der Waals surface area (Å²) >= 11 is 0. The van der Waals surface area contributed by atoms with Crippen LogP contribution in [0.1, 0.15) is 21.5 Å². The van der Waals surface area contributed by atoms with Crippen LogP contribution in [0.25, 0.3) is 0 Å². The molecular weight excluding hydrogens is 260 g/mol. The van der Waals surface area contributed by atoms with Gasteiger partial charge in [-0.1, -0.05) is 12.1 Å². The second-order valence-electron chi connectivity index (χ2n) is 4.45. The fraction of sp³-hybridized carbons (Fsp3) is 0.133. The summed E-state index contributed by atoms with van der Waals surface area (Å²) in [5, 5.41) is 28.0. The first kappa shape index (κ1) is 13.7. The van der Waals surface area contributed by atoms with Gasteiger partial charge in [-0.15, -0.1) is 0 Å². The van der Waals surface area contributed by atoms with Crippen LogP contribution in [0.5, 0.6) is 23.0 Å². The number of hydrogen-bond donors (Lipinski definition) is 3. The molecule has 0 amide bonds. The number of carbonyl (C=O) groups excluding carboxylic acids is 1. The number of hydrogen-bond acceptors (Lipinski definition) is 5. The highest BCUT2D eigenvalue weighted by atomic mass is 16.5. The Morgan fingerprint density at radius 2 is 1.65 bits per heavy atom. The molecule has 0 aliphatic heterocycles. The minimum Gasteiger partial charge on any atom is -0.504 e. The molecule has 0 aliphatic carbocycles. The van der Waals surface area contributed by atoms with Crippen LogP contribution in [0.15, 0.2) is 30.3 Å². The third kappa shape index (κ3) is 2.51. The summed E-state index contributed by atoms with van der Waals surface area (Å²) in [6, 6.07) is 7.37. The van der Waals surface area contributed by atoms with Gasteiger partial charge in [-0.2, -0.15) is 0 Å². The third-order valence-electron chi connectivity index (χ3n) is 3.06. The number of ether oxygens (including phenoxy) is 1. The topological polar surface area (TPSA) is 87.0 Å². The lowest BCUT2D eigenvalue weighted by molar-refractivity contribution is 0.0732. The van der Waals surface area contributed by atoms with Crippen molar-refractivity contribution in [2.24, 2.45) is 0 Å². The minimum absolute atomic E-state index is 0.0568. The molecule has 0 unspecified atom stereocenters. The molecular formula is C15H14O5. The van der Waals surface area contributed by atoms with Crippen molar-refractivity contribution in [1.82, 2.24) is 0 Å². The van der Waals surface area contributed by atoms with Gasteiger partial charge in [0.1, 0.15) is 5.75 Å². The monoisotopic (exact) mass is 274 g/mol. The Kier molecular flexibility index (Phi) is 3.52. The van der Waals surface area contributed by atoms with Crippen molar-refractivity contribution < 1.29 is 24.9 Å². The van der Waals surface area contributed by atoms with Gasteiger partial charge in [-0.05, 0) is 43.2 Å². The average Bonchev–Trinajstić information content (AvgIpc) is 2.40. The molecule has 2 rings (SSSR count). The van der Waals surface area contributed by atoms with Crippen molar-refractivity contribution in [1.29, 1.82) is 0 Å². The van der Waals surface area contributed by atoms with Crippen molar-refractivity contribution in [3.63, 3.8) is 0 Å². The maximum Gasteiger partial charge on any atom is 0.343 e. The van der Waals surface area contributed by atoms with Crippen LogP contribution in [-0.4, -0.2) is 21.3 Å². The lowest BCUT2D eigenvalue weighted by Gasteiger charge is -2.10. The van der Waals surface area contributed by atoms with Gasteiger partial charge in [-0.25, -0.2) is 4.79 Å². The zero-order valence-corrected chi connectivity index (χ0v) is 11.0. The van der Waals surface area contributed by atoms with Gasteiger partial charge in [0.05, 0.1) is 5.56 Å². The lowest BCUT2D eigenvalue weighted by atomic mass is 10.1. The molecule has 0 saturated heterocycles. The SMILES string of the molecule is Cc1cccc(OC(=O)c2cc(O)c(O)c(O)c2)c1C. The molecule has 3 N–H and O–H groups in total. The summed E-state index contributed by atoms with van der Waals surface area (Å²) in [5.41, 5.74) is 1.75. The average molecular weight is 274 g/mol. The smallest absolute Gasteiger partial charge is 0.343 e. The Morgan fingerprint density at radius 3 is 2.25 bits per heavy atom. The van der Waals surface area contributed by atoms with Gasteiger partial charge in [0, 0.05) is 0 Å². The summed E-state index contributed by atoms with van der Waals surface area (Å²) in [6.07, 6.45) is 0. The number of aromatic hydroxyl groups is 3. The number of phenols is 3. The fourth-order valence-electron chi connectivity index (χ4n) is 1.72. The lowest BCUT2D eigenvalue weighted by Crippen LogP contribution is -2.09. The van der Waals surface area contributed by atoms with E-state index < -0.39 is 23.2 Å². The Labute approximate surface area is 115 Å². The maximum absolute atomic E-state index is 12.0. The van der Waals surface area contributed by atoms with Crippen LogP contribution in [0.3, 0.4) is 0 Å². The summed E-state index contributed by atoms with van der Waals surface area (Å²) in [4.78, 5) is 12.0. The molecule has 0 heterocycles. The summed E-state index contributed by atoms with van der Waals surface area (Å²) in [7, 11) is 0. The predicted octanol–water partition coefficient (Wildman–Crippen LogP) is 2.64. The zero-order chi connectivity index (χ0) is 14.9. The molecule has 0 radical (unpaired) electrons. The van der Waals surface area contributed by atoms with E-state index in [2.05, 4.69) is 0 Å². The van der Waals surface area contributed by atoms with Crippen molar-refractivity contribution in [2.45, 2.75) is 13.8 Å². The molecule has 5 heteroatoms. The summed E-state index contributed by atoms with van der Waals surface area (Å²) in [5.74, 6) is -2.17. The second kappa shape index (κ2) is 5.13. The van der Waals surface area contributed by atoms with E-state index in [-0.39, 0.29) is 5.56 Å². The number of benzene rings is 2. The van der Waals surface area contributed by atoms with E-state index >= 15 is 0 Å². The molecule has 0 saturated carbocycles. The van der Waals surface area contributed by atoms with Crippen molar-refractivity contribution >= 4 is 5.97 Å². The van der Waals surface area contributed by atoms with Crippen LogP contribution in [-0.2, 0) is 0 Å². The third-order valence-corrected chi connectivity index (χ3v) is 3.06. The van der Waals surface area contributed by atoms with Crippen LogP contribution in [0.2, 0.25) is 0 Å². The molecule has 20 heavy (non-hydrogen) atoms. The molecule has 0 fully saturated rings. The van der Waals surface area contributed by atoms with Gasteiger partial charge in [0.2, 0.25) is 0 Å². The van der Waals surface area contributed by atoms with E-state index in [4.69, 9.17) is 4.74 Å². The molecule has 5 nitrogen and oxygen atoms in total. The van der Waals surface area contributed by atoms with Crippen LogP contribution in [0.4, 0.5) is 0 Å². The van der Waals surface area contributed by atoms with Crippen LogP contribution < -0.4 is 4.74 Å². The Bertz CT molecular complexity index is 653. The second-order valence-corrected chi connectivity index (χ2v) is 4.45. The number of rotatable bonds is 2. The first-order valence-electron chi connectivity index (χ1n) is 5.93. The molecule has 2 aromatic rings. The number of aryl methyl sites for hydroxylation is 1. The first-order valence-corrected chi connectivity index (χ1v) is 5.93. The van der Waals surface area contributed by atoms with Crippen molar-refractivity contribution in [3.05, 3.63) is 47.0 Å². The van der Waals surface area contributed by atoms with Gasteiger partial charge in [0.25, 0.3) is 0 Å². The highest BCUT2D eigenvalue weighted by molar-refractivity contribution is 5.92. The Balaban J connectivity index is 2.31. The standard InChI is InChI=1S/C15H14O5/c1-8-4-3-5-13(9(8)2)20-15(19)10-6-11(16)14(18)12(17)7-10/h3-7,16-18H,1-2H3. The quantitative estimate of drug-likeness (QED) is 0.445. The molecule has 0 bridgehead atoms. The zero-order valence-electron chi connectivity index (χ0n) is 11.0. The summed E-state index contributed by atoms with van der Waals surface area (Å²) < 4.78 is 5.22. The van der Waals surface area contributed by atoms with Crippen molar-refractivity contribution in [3.8, 4) is 23.0 Å². The van der Waals surface area contributed by atoms with Gasteiger partial charge in [0.15, 0.2) is 17.2 Å². The molecule has 104 valence electrons. The largest absolute Gasteiger partial charge is 0.504 e. The normalized spacial score (nSPS) is 10.3. The highest BCUT2D eigenvalue weighted by Crippen LogP contribution is 2.35. The number of esters is 1. The molecule has 0 aromatic heterocycles. The predicted molar refractivity (Wildman–Crippen MR) is 72.3 cm³/mol. The van der Waals surface area contributed by atoms with Gasteiger partial charge >= 0.3 is 5.97 Å². The fourth-order valence-corrected chi connectivity index (χ4v) is 1.72. The molecule has 2 aromatic carbocycles. The summed E-state index contributed by atoms with van der Waals surface area (Å²) in [6.45, 7) is 3.72. The van der Waals surface area contributed by atoms with Crippen molar-refractivity contribution in [2.75, 3.05) is 0 Å². The Hall–Kier alpha value is -2.69. The van der Waals surface area contributed by atoms with E-state index in [0.717, 1.165) is 23.3 Å².